The summed E-state index contributed by atoms with van der Waals surface area (Å²) in [5, 5.41) is 17.7. The van der Waals surface area contributed by atoms with Crippen LogP contribution < -0.4 is 0 Å². The Labute approximate surface area is 111 Å². The molecule has 1 saturated heterocycles. The molecule has 1 amide bonds. The molecular formula is C14H17N3O2. The molecule has 2 unspecified atom stereocenters. The predicted molar refractivity (Wildman–Crippen MR) is 71.8 cm³/mol. The zero-order chi connectivity index (χ0) is 13.4. The van der Waals surface area contributed by atoms with Crippen molar-refractivity contribution in [2.75, 3.05) is 13.1 Å². The number of benzene rings is 1. The molecule has 5 heteroatoms. The maximum Gasteiger partial charge on any atom is 0.254 e. The molecule has 0 bridgehead atoms. The van der Waals surface area contributed by atoms with Crippen LogP contribution >= 0.6 is 0 Å². The van der Waals surface area contributed by atoms with Crippen LogP contribution in [0.15, 0.2) is 24.4 Å². The van der Waals surface area contributed by atoms with Gasteiger partial charge in [-0.3, -0.25) is 9.89 Å². The van der Waals surface area contributed by atoms with Crippen LogP contribution in [0.25, 0.3) is 10.9 Å². The normalized spacial score (nSPS) is 23.8. The summed E-state index contributed by atoms with van der Waals surface area (Å²) in [6.07, 6.45) is 2.16. The number of rotatable bonds is 1. The third-order valence-electron chi connectivity index (χ3n) is 3.89. The molecule has 0 radical (unpaired) electrons. The lowest BCUT2D eigenvalue weighted by Crippen LogP contribution is -2.45. The van der Waals surface area contributed by atoms with Gasteiger partial charge in [-0.05, 0) is 24.5 Å². The first-order valence-corrected chi connectivity index (χ1v) is 6.55. The zero-order valence-electron chi connectivity index (χ0n) is 10.8. The number of aliphatic hydroxyl groups is 1. The van der Waals surface area contributed by atoms with Crippen LogP contribution in [0.3, 0.4) is 0 Å². The van der Waals surface area contributed by atoms with Crippen molar-refractivity contribution >= 4 is 16.8 Å². The summed E-state index contributed by atoms with van der Waals surface area (Å²) < 4.78 is 0. The van der Waals surface area contributed by atoms with Crippen LogP contribution in [0.1, 0.15) is 23.7 Å². The van der Waals surface area contributed by atoms with Crippen molar-refractivity contribution in [3.63, 3.8) is 0 Å². The highest BCUT2D eigenvalue weighted by molar-refractivity contribution is 5.97. The van der Waals surface area contributed by atoms with Crippen LogP contribution in [-0.2, 0) is 0 Å². The van der Waals surface area contributed by atoms with Gasteiger partial charge in [0, 0.05) is 24.0 Å². The Bertz CT molecular complexity index is 608. The largest absolute Gasteiger partial charge is 0.391 e. The fourth-order valence-electron chi connectivity index (χ4n) is 2.49. The highest BCUT2D eigenvalue weighted by atomic mass is 16.3. The number of amides is 1. The van der Waals surface area contributed by atoms with Crippen molar-refractivity contribution in [3.8, 4) is 0 Å². The Balaban J connectivity index is 1.83. The van der Waals surface area contributed by atoms with Gasteiger partial charge in [0.2, 0.25) is 0 Å². The first kappa shape index (κ1) is 12.2. The standard InChI is InChI=1S/C14H17N3O2/c1-9-4-5-17(8-13(9)18)14(19)10-2-3-11-7-15-16-12(11)6-10/h2-3,6-7,9,13,18H,4-5,8H2,1H3,(H,15,16). The average Bonchev–Trinajstić information content (AvgIpc) is 2.88. The van der Waals surface area contributed by atoms with Gasteiger partial charge in [0.25, 0.3) is 5.91 Å². The maximum absolute atomic E-state index is 12.4. The van der Waals surface area contributed by atoms with E-state index in [0.717, 1.165) is 17.3 Å². The molecule has 2 atom stereocenters. The number of fused-ring (bicyclic) bond motifs is 1. The number of aliphatic hydroxyl groups excluding tert-OH is 1. The van der Waals surface area contributed by atoms with Crippen molar-refractivity contribution < 1.29 is 9.90 Å². The van der Waals surface area contributed by atoms with Crippen molar-refractivity contribution in [1.82, 2.24) is 15.1 Å². The fraction of sp³-hybridized carbons (Fsp3) is 0.429. The van der Waals surface area contributed by atoms with Crippen LogP contribution in [0.2, 0.25) is 0 Å². The van der Waals surface area contributed by atoms with E-state index in [9.17, 15) is 9.90 Å². The molecule has 19 heavy (non-hydrogen) atoms. The molecule has 5 nitrogen and oxygen atoms in total. The van der Waals surface area contributed by atoms with Crippen LogP contribution in [0.5, 0.6) is 0 Å². The van der Waals surface area contributed by atoms with E-state index in [1.807, 2.05) is 25.1 Å². The van der Waals surface area contributed by atoms with Crippen LogP contribution in [-0.4, -0.2) is 45.3 Å². The number of piperidine rings is 1. The Hall–Kier alpha value is -1.88. The number of nitrogens with one attached hydrogen (secondary N) is 1. The van der Waals surface area contributed by atoms with Gasteiger partial charge in [0.15, 0.2) is 0 Å². The molecule has 1 fully saturated rings. The molecule has 1 aliphatic heterocycles. The molecule has 0 spiro atoms. The summed E-state index contributed by atoms with van der Waals surface area (Å²) in [5.41, 5.74) is 1.50. The van der Waals surface area contributed by atoms with Crippen molar-refractivity contribution in [1.29, 1.82) is 0 Å². The van der Waals surface area contributed by atoms with E-state index in [1.165, 1.54) is 0 Å². The number of hydrogen-bond acceptors (Lipinski definition) is 3. The molecule has 2 N–H and O–H groups in total. The second kappa shape index (κ2) is 4.66. The van der Waals surface area contributed by atoms with Crippen molar-refractivity contribution in [3.05, 3.63) is 30.0 Å². The lowest BCUT2D eigenvalue weighted by molar-refractivity contribution is 0.0249. The minimum absolute atomic E-state index is 0.0255. The Morgan fingerprint density at radius 1 is 1.53 bits per heavy atom. The number of aromatic amines is 1. The highest BCUT2D eigenvalue weighted by Crippen LogP contribution is 2.20. The van der Waals surface area contributed by atoms with Gasteiger partial charge in [-0.1, -0.05) is 13.0 Å². The maximum atomic E-state index is 12.4. The molecule has 1 aromatic carbocycles. The topological polar surface area (TPSA) is 69.2 Å². The quantitative estimate of drug-likeness (QED) is 0.813. The number of carbonyl (C=O) groups is 1. The molecule has 2 heterocycles. The summed E-state index contributed by atoms with van der Waals surface area (Å²) in [7, 11) is 0. The zero-order valence-corrected chi connectivity index (χ0v) is 10.8. The summed E-state index contributed by atoms with van der Waals surface area (Å²) in [6, 6.07) is 5.51. The second-order valence-corrected chi connectivity index (χ2v) is 5.26. The highest BCUT2D eigenvalue weighted by Gasteiger charge is 2.27. The number of carbonyl (C=O) groups excluding carboxylic acids is 1. The number of hydrogen-bond donors (Lipinski definition) is 2. The lowest BCUT2D eigenvalue weighted by Gasteiger charge is -2.34. The van der Waals surface area contributed by atoms with Crippen molar-refractivity contribution in [2.45, 2.75) is 19.4 Å². The molecule has 0 saturated carbocycles. The van der Waals surface area contributed by atoms with E-state index in [4.69, 9.17) is 0 Å². The van der Waals surface area contributed by atoms with Gasteiger partial charge in [-0.25, -0.2) is 0 Å². The van der Waals surface area contributed by atoms with Crippen molar-refractivity contribution in [2.24, 2.45) is 5.92 Å². The number of aromatic nitrogens is 2. The molecule has 2 aromatic rings. The van der Waals surface area contributed by atoms with Gasteiger partial charge in [0.05, 0.1) is 17.8 Å². The Morgan fingerprint density at radius 2 is 2.37 bits per heavy atom. The van der Waals surface area contributed by atoms with E-state index >= 15 is 0 Å². The summed E-state index contributed by atoms with van der Waals surface area (Å²) in [5.74, 6) is 0.238. The molecular weight excluding hydrogens is 242 g/mol. The monoisotopic (exact) mass is 259 g/mol. The molecule has 1 aromatic heterocycles. The summed E-state index contributed by atoms with van der Waals surface area (Å²) >= 11 is 0. The Morgan fingerprint density at radius 3 is 3.16 bits per heavy atom. The van der Waals surface area contributed by atoms with Crippen LogP contribution in [0.4, 0.5) is 0 Å². The number of β-amino-alcohol motifs (C(OH)–C–C–N with tert-alkyl or cyclic N) is 1. The third-order valence-corrected chi connectivity index (χ3v) is 3.89. The van der Waals surface area contributed by atoms with E-state index in [1.54, 1.807) is 11.1 Å². The first-order chi connectivity index (χ1) is 9.15. The van der Waals surface area contributed by atoms with E-state index in [0.29, 0.717) is 18.7 Å². The minimum Gasteiger partial charge on any atom is -0.391 e. The molecule has 100 valence electrons. The SMILES string of the molecule is CC1CCN(C(=O)c2ccc3cn[nH]c3c2)CC1O. The van der Waals surface area contributed by atoms with E-state index < -0.39 is 6.10 Å². The van der Waals surface area contributed by atoms with Gasteiger partial charge >= 0.3 is 0 Å². The van der Waals surface area contributed by atoms with Gasteiger partial charge in [0.1, 0.15) is 0 Å². The second-order valence-electron chi connectivity index (χ2n) is 5.26. The summed E-state index contributed by atoms with van der Waals surface area (Å²) in [4.78, 5) is 14.1. The summed E-state index contributed by atoms with van der Waals surface area (Å²) in [6.45, 7) is 3.14. The van der Waals surface area contributed by atoms with E-state index in [2.05, 4.69) is 10.2 Å². The lowest BCUT2D eigenvalue weighted by atomic mass is 9.95. The molecule has 3 rings (SSSR count). The molecule has 1 aliphatic rings. The number of likely N-dealkylation sites (tertiary alicyclic amines) is 1. The smallest absolute Gasteiger partial charge is 0.254 e. The van der Waals surface area contributed by atoms with Gasteiger partial charge in [-0.2, -0.15) is 5.10 Å². The first-order valence-electron chi connectivity index (χ1n) is 6.55. The van der Waals surface area contributed by atoms with E-state index in [-0.39, 0.29) is 11.8 Å². The average molecular weight is 259 g/mol. The predicted octanol–water partition coefficient (Wildman–Crippen LogP) is 1.41. The van der Waals surface area contributed by atoms with Crippen LogP contribution in [0, 0.1) is 5.92 Å². The molecule has 0 aliphatic carbocycles. The Kier molecular flexibility index (Phi) is 2.98. The minimum atomic E-state index is -0.423. The van der Waals surface area contributed by atoms with Gasteiger partial charge < -0.3 is 10.0 Å². The number of H-pyrrole nitrogens is 1. The third kappa shape index (κ3) is 2.21. The number of nitrogens with zero attached hydrogens (tertiary/aromatic N) is 2. The fourth-order valence-corrected chi connectivity index (χ4v) is 2.49. The van der Waals surface area contributed by atoms with Gasteiger partial charge in [-0.15, -0.1) is 0 Å².